The van der Waals surface area contributed by atoms with Crippen LogP contribution in [-0.2, 0) is 9.59 Å². The van der Waals surface area contributed by atoms with Crippen molar-refractivity contribution in [1.82, 2.24) is 0 Å². The minimum Gasteiger partial charge on any atom is -0.506 e. The summed E-state index contributed by atoms with van der Waals surface area (Å²) in [6.45, 7) is 0. The highest BCUT2D eigenvalue weighted by molar-refractivity contribution is 6.43. The number of halogens is 1. The lowest BCUT2D eigenvalue weighted by Gasteiger charge is -2.08. The molecule has 5 nitrogen and oxygen atoms in total. The molecule has 0 bridgehead atoms. The van der Waals surface area contributed by atoms with Crippen LogP contribution >= 0.6 is 0 Å². The third kappa shape index (κ3) is 3.11. The Morgan fingerprint density at radius 2 is 1.35 bits per heavy atom. The van der Waals surface area contributed by atoms with Crippen LogP contribution in [0, 0.1) is 5.82 Å². The molecule has 0 unspecified atom stereocenters. The average Bonchev–Trinajstić information content (AvgIpc) is 2.43. The maximum atomic E-state index is 13.3. The third-order valence-corrected chi connectivity index (χ3v) is 2.48. The number of aromatic hydroxyl groups is 1. The monoisotopic (exact) mass is 274 g/mol. The quantitative estimate of drug-likeness (QED) is 0.579. The van der Waals surface area contributed by atoms with Gasteiger partial charge in [-0.15, -0.1) is 0 Å². The smallest absolute Gasteiger partial charge is 0.314 e. The van der Waals surface area contributed by atoms with Gasteiger partial charge >= 0.3 is 11.8 Å². The van der Waals surface area contributed by atoms with E-state index in [0.717, 1.165) is 6.07 Å². The number of para-hydroxylation sites is 3. The largest absolute Gasteiger partial charge is 0.506 e. The zero-order chi connectivity index (χ0) is 14.5. The van der Waals surface area contributed by atoms with Crippen LogP contribution in [0.3, 0.4) is 0 Å². The van der Waals surface area contributed by atoms with E-state index in [1.165, 1.54) is 30.3 Å². The Morgan fingerprint density at radius 3 is 1.95 bits per heavy atom. The number of carbonyl (C=O) groups is 2. The molecule has 2 aromatic rings. The number of amides is 2. The second-order valence-electron chi connectivity index (χ2n) is 3.91. The summed E-state index contributed by atoms with van der Waals surface area (Å²) in [6.07, 6.45) is 0. The Bertz CT molecular complexity index is 601. The van der Waals surface area contributed by atoms with E-state index in [4.69, 9.17) is 0 Å². The number of carbonyl (C=O) groups excluding carboxylic acids is 2. The molecule has 0 spiro atoms. The summed E-state index contributed by atoms with van der Waals surface area (Å²) >= 11 is 0. The molecule has 0 aliphatic rings. The molecule has 0 aromatic heterocycles. The number of hydrogen-bond donors (Lipinski definition) is 3. The molecule has 0 aliphatic heterocycles. The Kier molecular flexibility index (Phi) is 3.95. The fraction of sp³-hybridized carbons (Fsp3) is 0. The standard InChI is InChI=1S/C14H11FN2O3/c15-9-5-1-2-6-10(9)16-13(19)14(20)17-11-7-3-4-8-12(11)18/h1-8,18H,(H,16,19)(H,17,20). The average molecular weight is 274 g/mol. The summed E-state index contributed by atoms with van der Waals surface area (Å²) in [5.41, 5.74) is 0.00566. The molecule has 0 aliphatic carbocycles. The van der Waals surface area contributed by atoms with E-state index in [-0.39, 0.29) is 17.1 Å². The molecule has 0 radical (unpaired) electrons. The molecule has 2 rings (SSSR count). The van der Waals surface area contributed by atoms with Crippen LogP contribution in [0.15, 0.2) is 48.5 Å². The van der Waals surface area contributed by atoms with Crippen molar-refractivity contribution in [2.24, 2.45) is 0 Å². The van der Waals surface area contributed by atoms with E-state index in [0.29, 0.717) is 0 Å². The first-order valence-corrected chi connectivity index (χ1v) is 5.73. The van der Waals surface area contributed by atoms with Gasteiger partial charge in [-0.3, -0.25) is 9.59 Å². The Morgan fingerprint density at radius 1 is 0.850 bits per heavy atom. The molecule has 0 heterocycles. The van der Waals surface area contributed by atoms with Gasteiger partial charge < -0.3 is 15.7 Å². The number of nitrogens with one attached hydrogen (secondary N) is 2. The van der Waals surface area contributed by atoms with Gasteiger partial charge in [0.2, 0.25) is 0 Å². The first-order valence-electron chi connectivity index (χ1n) is 5.73. The molecule has 2 amide bonds. The highest BCUT2D eigenvalue weighted by Crippen LogP contribution is 2.21. The van der Waals surface area contributed by atoms with Crippen molar-refractivity contribution in [3.63, 3.8) is 0 Å². The predicted molar refractivity (Wildman–Crippen MR) is 71.8 cm³/mol. The molecule has 0 fully saturated rings. The van der Waals surface area contributed by atoms with Gasteiger partial charge in [-0.2, -0.15) is 0 Å². The lowest BCUT2D eigenvalue weighted by Crippen LogP contribution is -2.29. The van der Waals surface area contributed by atoms with Crippen LogP contribution in [0.25, 0.3) is 0 Å². The molecule has 0 atom stereocenters. The van der Waals surface area contributed by atoms with E-state index in [2.05, 4.69) is 10.6 Å². The Hall–Kier alpha value is -2.89. The van der Waals surface area contributed by atoms with Crippen molar-refractivity contribution >= 4 is 23.2 Å². The van der Waals surface area contributed by atoms with Gasteiger partial charge in [-0.1, -0.05) is 24.3 Å². The fourth-order valence-electron chi connectivity index (χ4n) is 1.50. The summed E-state index contributed by atoms with van der Waals surface area (Å²) in [7, 11) is 0. The number of phenolic OH excluding ortho intramolecular Hbond substituents is 1. The molecule has 6 heteroatoms. The van der Waals surface area contributed by atoms with E-state index < -0.39 is 17.6 Å². The number of hydrogen-bond acceptors (Lipinski definition) is 3. The summed E-state index contributed by atoms with van der Waals surface area (Å²) in [6, 6.07) is 11.5. The van der Waals surface area contributed by atoms with Crippen molar-refractivity contribution in [1.29, 1.82) is 0 Å². The van der Waals surface area contributed by atoms with Crippen molar-refractivity contribution in [2.45, 2.75) is 0 Å². The molecule has 3 N–H and O–H groups in total. The van der Waals surface area contributed by atoms with Crippen LogP contribution in [0.1, 0.15) is 0 Å². The highest BCUT2D eigenvalue weighted by Gasteiger charge is 2.16. The zero-order valence-electron chi connectivity index (χ0n) is 10.3. The molecule has 2 aromatic carbocycles. The second-order valence-corrected chi connectivity index (χ2v) is 3.91. The van der Waals surface area contributed by atoms with Crippen LogP contribution in [0.5, 0.6) is 5.75 Å². The molecular weight excluding hydrogens is 263 g/mol. The number of rotatable bonds is 2. The van der Waals surface area contributed by atoms with Gasteiger partial charge in [0.25, 0.3) is 0 Å². The van der Waals surface area contributed by atoms with Gasteiger partial charge in [0.15, 0.2) is 0 Å². The van der Waals surface area contributed by atoms with Crippen LogP contribution in [0.2, 0.25) is 0 Å². The minimum atomic E-state index is -1.03. The maximum Gasteiger partial charge on any atom is 0.314 e. The normalized spacial score (nSPS) is 9.85. The van der Waals surface area contributed by atoms with E-state index in [1.54, 1.807) is 12.1 Å². The maximum absolute atomic E-state index is 13.3. The Labute approximate surface area is 114 Å². The summed E-state index contributed by atoms with van der Waals surface area (Å²) in [4.78, 5) is 23.2. The molecular formula is C14H11FN2O3. The van der Waals surface area contributed by atoms with Crippen LogP contribution in [-0.4, -0.2) is 16.9 Å². The number of benzene rings is 2. The zero-order valence-corrected chi connectivity index (χ0v) is 10.3. The SMILES string of the molecule is O=C(Nc1ccccc1O)C(=O)Nc1ccccc1F. The molecule has 0 saturated carbocycles. The van der Waals surface area contributed by atoms with Crippen molar-refractivity contribution < 1.29 is 19.1 Å². The molecule has 20 heavy (non-hydrogen) atoms. The lowest BCUT2D eigenvalue weighted by atomic mass is 10.3. The molecule has 102 valence electrons. The topological polar surface area (TPSA) is 78.4 Å². The van der Waals surface area contributed by atoms with Gasteiger partial charge in [0, 0.05) is 0 Å². The fourth-order valence-corrected chi connectivity index (χ4v) is 1.50. The van der Waals surface area contributed by atoms with Crippen LogP contribution < -0.4 is 10.6 Å². The number of phenols is 1. The van der Waals surface area contributed by atoms with Crippen LogP contribution in [0.4, 0.5) is 15.8 Å². The summed E-state index contributed by atoms with van der Waals surface area (Å²) < 4.78 is 13.3. The predicted octanol–water partition coefficient (Wildman–Crippen LogP) is 2.11. The highest BCUT2D eigenvalue weighted by atomic mass is 19.1. The van der Waals surface area contributed by atoms with Crippen molar-refractivity contribution in [3.8, 4) is 5.75 Å². The van der Waals surface area contributed by atoms with Gasteiger partial charge in [-0.05, 0) is 24.3 Å². The van der Waals surface area contributed by atoms with Gasteiger partial charge in [0.1, 0.15) is 11.6 Å². The van der Waals surface area contributed by atoms with E-state index in [1.807, 2.05) is 0 Å². The summed E-state index contributed by atoms with van der Waals surface area (Å²) in [5, 5.41) is 13.8. The molecule has 0 saturated heterocycles. The van der Waals surface area contributed by atoms with Crippen molar-refractivity contribution in [3.05, 3.63) is 54.3 Å². The van der Waals surface area contributed by atoms with Gasteiger partial charge in [-0.25, -0.2) is 4.39 Å². The van der Waals surface area contributed by atoms with E-state index >= 15 is 0 Å². The minimum absolute atomic E-state index is 0.0927. The lowest BCUT2D eigenvalue weighted by molar-refractivity contribution is -0.133. The van der Waals surface area contributed by atoms with Gasteiger partial charge in [0.05, 0.1) is 11.4 Å². The third-order valence-electron chi connectivity index (χ3n) is 2.48. The second kappa shape index (κ2) is 5.83. The first-order chi connectivity index (χ1) is 9.58. The van der Waals surface area contributed by atoms with Crippen molar-refractivity contribution in [2.75, 3.05) is 10.6 Å². The number of anilines is 2. The Balaban J connectivity index is 2.05. The first kappa shape index (κ1) is 13.5. The van der Waals surface area contributed by atoms with E-state index in [9.17, 15) is 19.1 Å². The summed E-state index contributed by atoms with van der Waals surface area (Å²) in [5.74, 6) is -2.84.